The zero-order valence-corrected chi connectivity index (χ0v) is 35.7. The van der Waals surface area contributed by atoms with Crippen LogP contribution in [0.3, 0.4) is 0 Å². The smallest absolute Gasteiger partial charge is 0.0726 e. The first kappa shape index (κ1) is 35.8. The minimum absolute atomic E-state index is 0.516. The topological polar surface area (TPSA) is 3.24 Å². The van der Waals surface area contributed by atoms with Crippen LogP contribution in [0.25, 0.3) is 53.6 Å². The van der Waals surface area contributed by atoms with Gasteiger partial charge in [0.25, 0.3) is 0 Å². The Hall–Kier alpha value is -7.78. The lowest BCUT2D eigenvalue weighted by Crippen LogP contribution is -2.30. The van der Waals surface area contributed by atoms with Gasteiger partial charge in [-0.05, 0) is 120 Å². The van der Waals surface area contributed by atoms with Crippen molar-refractivity contribution in [3.63, 3.8) is 0 Å². The number of para-hydroxylation sites is 1. The van der Waals surface area contributed by atoms with Crippen molar-refractivity contribution in [3.05, 3.63) is 281 Å². The van der Waals surface area contributed by atoms with Crippen molar-refractivity contribution in [3.8, 4) is 33.4 Å². The summed E-state index contributed by atoms with van der Waals surface area (Å²) < 4.78 is 2.60. The average molecular weight is 830 g/mol. The van der Waals surface area contributed by atoms with Crippen LogP contribution in [0.4, 0.5) is 17.1 Å². The van der Waals surface area contributed by atoms with E-state index in [0.717, 1.165) is 17.1 Å². The van der Waals surface area contributed by atoms with Crippen molar-refractivity contribution in [2.45, 2.75) is 10.8 Å². The molecule has 0 radical (unpaired) electrons. The molecule has 0 saturated heterocycles. The standard InChI is InChI=1S/C62H39NS/c1-3-17-40(18-4-1)61(53-26-12-7-21-45(53)46-22-8-13-27-54(46)61)41-31-34-49-50-35-32-43(38-58(50)62(57(49)37-41)55-28-14-9-23-47(55)48-24-10-15-29-56(48)62)63(42-19-5-2-6-20-42)44-33-36-52-51-25-11-16-30-59(51)64-60(52)39-44/h1-39H. The summed E-state index contributed by atoms with van der Waals surface area (Å²) in [7, 11) is 0. The third-order valence-electron chi connectivity index (χ3n) is 14.6. The Balaban J connectivity index is 1.05. The van der Waals surface area contributed by atoms with Gasteiger partial charge in [0.2, 0.25) is 0 Å². The Morgan fingerprint density at radius 3 is 1.36 bits per heavy atom. The third-order valence-corrected chi connectivity index (χ3v) is 15.7. The molecule has 1 nitrogen and oxygen atoms in total. The van der Waals surface area contributed by atoms with E-state index < -0.39 is 10.8 Å². The zero-order chi connectivity index (χ0) is 42.0. The number of thiophene rings is 1. The summed E-state index contributed by atoms with van der Waals surface area (Å²) in [5.74, 6) is 0. The first-order valence-corrected chi connectivity index (χ1v) is 23.1. The molecule has 0 amide bonds. The fourth-order valence-corrected chi connectivity index (χ4v) is 13.2. The number of anilines is 3. The van der Waals surface area contributed by atoms with E-state index in [9.17, 15) is 0 Å². The van der Waals surface area contributed by atoms with Gasteiger partial charge in [-0.1, -0.05) is 194 Å². The highest BCUT2D eigenvalue weighted by Crippen LogP contribution is 2.65. The van der Waals surface area contributed by atoms with E-state index >= 15 is 0 Å². The highest BCUT2D eigenvalue weighted by Gasteiger charge is 2.53. The SMILES string of the molecule is c1ccc(N(c2ccc3c(c2)C2(c4ccccc4-c4ccccc42)c2cc(C4(c5ccccc5)c5ccccc5-c5ccccc54)ccc2-3)c2ccc3c(c2)sc2ccccc23)cc1. The second kappa shape index (κ2) is 13.4. The van der Waals surface area contributed by atoms with Gasteiger partial charge in [0.1, 0.15) is 0 Å². The van der Waals surface area contributed by atoms with Crippen LogP contribution in [0.1, 0.15) is 44.5 Å². The van der Waals surface area contributed by atoms with E-state index in [1.807, 2.05) is 11.3 Å². The largest absolute Gasteiger partial charge is 0.310 e. The first-order chi connectivity index (χ1) is 31.7. The van der Waals surface area contributed by atoms with Gasteiger partial charge in [0.15, 0.2) is 0 Å². The maximum atomic E-state index is 2.60. The Kier molecular flexibility index (Phi) is 7.47. The normalized spacial score (nSPS) is 14.2. The molecule has 0 saturated carbocycles. The summed E-state index contributed by atoms with van der Waals surface area (Å²) in [6.45, 7) is 0. The van der Waals surface area contributed by atoms with E-state index in [1.165, 1.54) is 98.1 Å². The van der Waals surface area contributed by atoms with Gasteiger partial charge in [-0.15, -0.1) is 11.3 Å². The number of hydrogen-bond acceptors (Lipinski definition) is 2. The molecule has 0 unspecified atom stereocenters. The van der Waals surface area contributed by atoms with Crippen LogP contribution in [0.15, 0.2) is 237 Å². The van der Waals surface area contributed by atoms with E-state index in [0.29, 0.717) is 0 Å². The average Bonchev–Trinajstić information content (AvgIpc) is 4.07. The number of nitrogens with zero attached hydrogens (tertiary/aromatic N) is 1. The van der Waals surface area contributed by atoms with Gasteiger partial charge < -0.3 is 4.90 Å². The Morgan fingerprint density at radius 2 is 0.719 bits per heavy atom. The van der Waals surface area contributed by atoms with Crippen LogP contribution in [0.2, 0.25) is 0 Å². The molecule has 0 bridgehead atoms. The molecule has 298 valence electrons. The van der Waals surface area contributed by atoms with Crippen LogP contribution in [-0.4, -0.2) is 0 Å². The molecule has 64 heavy (non-hydrogen) atoms. The number of rotatable bonds is 5. The fourth-order valence-electron chi connectivity index (χ4n) is 12.1. The van der Waals surface area contributed by atoms with E-state index in [1.54, 1.807) is 0 Å². The molecule has 10 aromatic carbocycles. The lowest BCUT2D eigenvalue weighted by atomic mass is 9.65. The van der Waals surface area contributed by atoms with E-state index in [2.05, 4.69) is 241 Å². The summed E-state index contributed by atoms with van der Waals surface area (Å²) in [4.78, 5) is 2.45. The van der Waals surface area contributed by atoms with Crippen LogP contribution >= 0.6 is 11.3 Å². The minimum atomic E-state index is -0.558. The predicted molar refractivity (Wildman–Crippen MR) is 268 cm³/mol. The lowest BCUT2D eigenvalue weighted by Gasteiger charge is -2.36. The molecule has 0 N–H and O–H groups in total. The number of benzene rings is 10. The van der Waals surface area contributed by atoms with Crippen molar-refractivity contribution in [1.29, 1.82) is 0 Å². The molecular weight excluding hydrogens is 791 g/mol. The van der Waals surface area contributed by atoms with Crippen molar-refractivity contribution in [2.75, 3.05) is 4.90 Å². The van der Waals surface area contributed by atoms with Gasteiger partial charge >= 0.3 is 0 Å². The Bertz CT molecular complexity index is 3600. The van der Waals surface area contributed by atoms with Gasteiger partial charge in [0.05, 0.1) is 10.8 Å². The zero-order valence-electron chi connectivity index (χ0n) is 34.9. The second-order valence-electron chi connectivity index (χ2n) is 17.5. The third kappa shape index (κ3) is 4.63. The highest BCUT2D eigenvalue weighted by molar-refractivity contribution is 7.25. The molecule has 1 aromatic heterocycles. The molecule has 1 heterocycles. The molecule has 14 rings (SSSR count). The molecule has 0 aliphatic heterocycles. The van der Waals surface area contributed by atoms with E-state index in [4.69, 9.17) is 0 Å². The molecule has 0 atom stereocenters. The van der Waals surface area contributed by atoms with Crippen molar-refractivity contribution in [2.24, 2.45) is 0 Å². The molecule has 1 spiro atoms. The van der Waals surface area contributed by atoms with Crippen LogP contribution < -0.4 is 4.90 Å². The summed E-state index contributed by atoms with van der Waals surface area (Å²) in [5.41, 5.74) is 20.7. The molecule has 3 aliphatic carbocycles. The van der Waals surface area contributed by atoms with Crippen molar-refractivity contribution in [1.82, 2.24) is 0 Å². The maximum absolute atomic E-state index is 2.60. The molecule has 3 aliphatic rings. The van der Waals surface area contributed by atoms with Crippen molar-refractivity contribution >= 4 is 48.6 Å². The van der Waals surface area contributed by atoms with Crippen LogP contribution in [-0.2, 0) is 10.8 Å². The van der Waals surface area contributed by atoms with Gasteiger partial charge in [-0.3, -0.25) is 0 Å². The molecule has 0 fully saturated rings. The van der Waals surface area contributed by atoms with Gasteiger partial charge in [-0.2, -0.15) is 0 Å². The van der Waals surface area contributed by atoms with Crippen LogP contribution in [0.5, 0.6) is 0 Å². The first-order valence-electron chi connectivity index (χ1n) is 22.3. The molecular formula is C62H39NS. The van der Waals surface area contributed by atoms with E-state index in [-0.39, 0.29) is 0 Å². The maximum Gasteiger partial charge on any atom is 0.0726 e. The van der Waals surface area contributed by atoms with Gasteiger partial charge in [0, 0.05) is 37.2 Å². The number of fused-ring (bicyclic) bond motifs is 16. The van der Waals surface area contributed by atoms with Crippen molar-refractivity contribution < 1.29 is 0 Å². The fraction of sp³-hybridized carbons (Fsp3) is 0.0323. The van der Waals surface area contributed by atoms with Crippen LogP contribution in [0, 0.1) is 0 Å². The Labute approximate surface area is 376 Å². The quantitative estimate of drug-likeness (QED) is 0.167. The number of hydrogen-bond donors (Lipinski definition) is 0. The summed E-state index contributed by atoms with van der Waals surface area (Å²) >= 11 is 1.87. The van der Waals surface area contributed by atoms with Gasteiger partial charge in [-0.25, -0.2) is 0 Å². The Morgan fingerprint density at radius 1 is 0.266 bits per heavy atom. The summed E-state index contributed by atoms with van der Waals surface area (Å²) in [6, 6.07) is 89.1. The molecule has 11 aromatic rings. The minimum Gasteiger partial charge on any atom is -0.310 e. The highest BCUT2D eigenvalue weighted by atomic mass is 32.1. The summed E-state index contributed by atoms with van der Waals surface area (Å²) in [5, 5.41) is 2.62. The monoisotopic (exact) mass is 829 g/mol. The predicted octanol–water partition coefficient (Wildman–Crippen LogP) is 16.2. The lowest BCUT2D eigenvalue weighted by molar-refractivity contribution is 0.751. The summed E-state index contributed by atoms with van der Waals surface area (Å²) in [6.07, 6.45) is 0. The molecule has 2 heteroatoms. The second-order valence-corrected chi connectivity index (χ2v) is 18.6.